The van der Waals surface area contributed by atoms with Crippen LogP contribution in [0.5, 0.6) is 0 Å². The Morgan fingerprint density at radius 1 is 0.963 bits per heavy atom. The van der Waals surface area contributed by atoms with Crippen LogP contribution in [-0.2, 0) is 19.6 Å². The van der Waals surface area contributed by atoms with Gasteiger partial charge in [-0.2, -0.15) is 8.42 Å². The van der Waals surface area contributed by atoms with Crippen LogP contribution in [-0.4, -0.2) is 62.7 Å². The zero-order valence-corrected chi connectivity index (χ0v) is 15.5. The summed E-state index contributed by atoms with van der Waals surface area (Å²) in [6.45, 7) is 3.47. The molecule has 9 heteroatoms. The maximum Gasteiger partial charge on any atom is 0.295 e. The van der Waals surface area contributed by atoms with Gasteiger partial charge in [0.15, 0.2) is 0 Å². The molecule has 0 spiro atoms. The van der Waals surface area contributed by atoms with Crippen molar-refractivity contribution in [1.82, 2.24) is 4.90 Å². The number of carbonyl (C=O) groups excluding carboxylic acids is 2. The molecule has 3 rings (SSSR count). The Bertz CT molecular complexity index is 978. The summed E-state index contributed by atoms with van der Waals surface area (Å²) >= 11 is 0. The molecule has 0 bridgehead atoms. The average molecular weight is 393 g/mol. The van der Waals surface area contributed by atoms with Crippen LogP contribution in [0.4, 0.5) is 0 Å². The highest BCUT2D eigenvalue weighted by molar-refractivity contribution is 7.86. The molecule has 2 aromatic carbocycles. The van der Waals surface area contributed by atoms with Gasteiger partial charge in [0.25, 0.3) is 21.9 Å². The first-order valence-electron chi connectivity index (χ1n) is 8.41. The minimum absolute atomic E-state index is 0.0691. The summed E-state index contributed by atoms with van der Waals surface area (Å²) in [5, 5.41) is 0.373. The van der Waals surface area contributed by atoms with E-state index in [1.54, 1.807) is 0 Å². The van der Waals surface area contributed by atoms with E-state index in [9.17, 15) is 22.6 Å². The van der Waals surface area contributed by atoms with Crippen LogP contribution in [0.1, 0.15) is 27.6 Å². The zero-order valence-electron chi connectivity index (χ0n) is 14.7. The fourth-order valence-corrected chi connectivity index (χ4v) is 3.76. The average Bonchev–Trinajstić information content (AvgIpc) is 2.63. The highest BCUT2D eigenvalue weighted by Crippen LogP contribution is 2.33. The fraction of sp³-hybridized carbons (Fsp3) is 0.333. The largest absolute Gasteiger partial charge is 0.379 e. The monoisotopic (exact) mass is 393 g/mol. The second kappa shape index (κ2) is 7.73. The predicted octanol–water partition coefficient (Wildman–Crippen LogP) is 1.74. The molecule has 1 aliphatic rings. The fourth-order valence-electron chi connectivity index (χ4n) is 3.07. The summed E-state index contributed by atoms with van der Waals surface area (Å²) in [6, 6.07) is 6.98. The minimum atomic E-state index is -4.49. The number of nitrogens with zero attached hydrogens (tertiary/aromatic N) is 1. The molecule has 0 saturated carbocycles. The first-order chi connectivity index (χ1) is 12.9. The van der Waals surface area contributed by atoms with E-state index in [0.29, 0.717) is 19.8 Å². The molecule has 0 aromatic heterocycles. The Kier molecular flexibility index (Phi) is 5.56. The van der Waals surface area contributed by atoms with E-state index in [0.717, 1.165) is 4.90 Å². The van der Waals surface area contributed by atoms with E-state index in [4.69, 9.17) is 9.47 Å². The van der Waals surface area contributed by atoms with Gasteiger partial charge in [-0.05, 0) is 25.1 Å². The molecule has 0 fully saturated rings. The molecular weight excluding hydrogens is 374 g/mol. The van der Waals surface area contributed by atoms with E-state index >= 15 is 0 Å². The maximum absolute atomic E-state index is 12.8. The van der Waals surface area contributed by atoms with Crippen molar-refractivity contribution in [3.63, 3.8) is 0 Å². The third-order valence-electron chi connectivity index (χ3n) is 4.27. The molecular formula is C18H19NO7S. The number of ether oxygens (including phenoxy) is 2. The van der Waals surface area contributed by atoms with Gasteiger partial charge in [-0.15, -0.1) is 0 Å². The SMILES string of the molecule is CCOCCOCCN1C(=O)c2cccc3c(S(=O)(=O)O)ccc(c23)C1=O. The van der Waals surface area contributed by atoms with Crippen LogP contribution in [0.15, 0.2) is 35.2 Å². The molecule has 2 aromatic rings. The van der Waals surface area contributed by atoms with Crippen molar-refractivity contribution in [2.75, 3.05) is 33.0 Å². The van der Waals surface area contributed by atoms with Crippen LogP contribution in [0.25, 0.3) is 10.8 Å². The van der Waals surface area contributed by atoms with Crippen molar-refractivity contribution in [3.05, 3.63) is 41.5 Å². The Morgan fingerprint density at radius 2 is 1.63 bits per heavy atom. The van der Waals surface area contributed by atoms with Gasteiger partial charge in [0, 0.05) is 28.5 Å². The third-order valence-corrected chi connectivity index (χ3v) is 5.18. The van der Waals surface area contributed by atoms with Gasteiger partial charge in [-0.25, -0.2) is 0 Å². The minimum Gasteiger partial charge on any atom is -0.379 e. The second-order valence-electron chi connectivity index (χ2n) is 5.89. The van der Waals surface area contributed by atoms with E-state index in [-0.39, 0.29) is 39.9 Å². The van der Waals surface area contributed by atoms with Gasteiger partial charge in [-0.3, -0.25) is 19.0 Å². The van der Waals surface area contributed by atoms with Crippen LogP contribution < -0.4 is 0 Å². The lowest BCUT2D eigenvalue weighted by molar-refractivity contribution is 0.0363. The number of benzene rings is 2. The molecule has 144 valence electrons. The lowest BCUT2D eigenvalue weighted by Gasteiger charge is -2.27. The molecule has 0 aliphatic carbocycles. The van der Waals surface area contributed by atoms with E-state index in [2.05, 4.69) is 0 Å². The van der Waals surface area contributed by atoms with E-state index in [1.165, 1.54) is 30.3 Å². The Morgan fingerprint density at radius 3 is 2.30 bits per heavy atom. The highest BCUT2D eigenvalue weighted by Gasteiger charge is 2.34. The van der Waals surface area contributed by atoms with Gasteiger partial charge in [0.1, 0.15) is 4.90 Å². The molecule has 8 nitrogen and oxygen atoms in total. The van der Waals surface area contributed by atoms with Crippen molar-refractivity contribution in [3.8, 4) is 0 Å². The number of carbonyl (C=O) groups is 2. The molecule has 0 atom stereocenters. The molecule has 1 N–H and O–H groups in total. The quantitative estimate of drug-likeness (QED) is 0.413. The second-order valence-corrected chi connectivity index (χ2v) is 7.28. The standard InChI is InChI=1S/C18H19NO7S/c1-2-25-10-11-26-9-8-19-17(20)13-5-3-4-12-15(27(22,23)24)7-6-14(16(12)13)18(19)21/h3-7H,2,8-11H2,1H3,(H,22,23,24). The van der Waals surface area contributed by atoms with Crippen LogP contribution in [0.2, 0.25) is 0 Å². The summed E-state index contributed by atoms with van der Waals surface area (Å²) in [6.07, 6.45) is 0. The van der Waals surface area contributed by atoms with Gasteiger partial charge in [0.2, 0.25) is 0 Å². The van der Waals surface area contributed by atoms with Crippen molar-refractivity contribution in [2.45, 2.75) is 11.8 Å². The molecule has 1 heterocycles. The first-order valence-corrected chi connectivity index (χ1v) is 9.85. The van der Waals surface area contributed by atoms with Crippen LogP contribution in [0.3, 0.4) is 0 Å². The van der Waals surface area contributed by atoms with Crippen LogP contribution >= 0.6 is 0 Å². The van der Waals surface area contributed by atoms with Gasteiger partial charge in [-0.1, -0.05) is 12.1 Å². The topological polar surface area (TPSA) is 110 Å². The summed E-state index contributed by atoms with van der Waals surface area (Å²) in [7, 11) is -4.49. The lowest BCUT2D eigenvalue weighted by atomic mass is 9.94. The van der Waals surface area contributed by atoms with E-state index in [1.807, 2.05) is 6.92 Å². The Balaban J connectivity index is 1.91. The zero-order chi connectivity index (χ0) is 19.6. The first kappa shape index (κ1) is 19.4. The number of hydrogen-bond acceptors (Lipinski definition) is 6. The highest BCUT2D eigenvalue weighted by atomic mass is 32.2. The Labute approximate surface area is 156 Å². The smallest absolute Gasteiger partial charge is 0.295 e. The van der Waals surface area contributed by atoms with Crippen molar-refractivity contribution < 1.29 is 32.0 Å². The Hall–Kier alpha value is -2.33. The van der Waals surface area contributed by atoms with Crippen molar-refractivity contribution >= 4 is 32.7 Å². The molecule has 27 heavy (non-hydrogen) atoms. The van der Waals surface area contributed by atoms with Gasteiger partial charge < -0.3 is 9.47 Å². The lowest BCUT2D eigenvalue weighted by Crippen LogP contribution is -2.42. The van der Waals surface area contributed by atoms with E-state index < -0.39 is 21.9 Å². The van der Waals surface area contributed by atoms with Crippen molar-refractivity contribution in [2.24, 2.45) is 0 Å². The summed E-state index contributed by atoms with van der Waals surface area (Å²) in [4.78, 5) is 26.2. The third kappa shape index (κ3) is 3.72. The van der Waals surface area contributed by atoms with Gasteiger partial charge >= 0.3 is 0 Å². The normalized spacial score (nSPS) is 14.2. The van der Waals surface area contributed by atoms with Crippen molar-refractivity contribution in [1.29, 1.82) is 0 Å². The van der Waals surface area contributed by atoms with Gasteiger partial charge in [0.05, 0.1) is 26.4 Å². The molecule has 1 aliphatic heterocycles. The summed E-state index contributed by atoms with van der Waals surface area (Å²) in [5.41, 5.74) is 0.420. The molecule has 0 unspecified atom stereocenters. The molecule has 0 saturated heterocycles. The summed E-state index contributed by atoms with van der Waals surface area (Å²) < 4.78 is 43.1. The number of hydrogen-bond donors (Lipinski definition) is 1. The molecule has 0 radical (unpaired) electrons. The maximum atomic E-state index is 12.8. The summed E-state index contributed by atoms with van der Waals surface area (Å²) in [5.74, 6) is -1.06. The predicted molar refractivity (Wildman–Crippen MR) is 96.4 cm³/mol. The van der Waals surface area contributed by atoms with Crippen LogP contribution in [0, 0.1) is 0 Å². The number of rotatable bonds is 8. The number of imide groups is 1. The number of amides is 2. The molecule has 2 amide bonds.